The molecule has 2 nitrogen and oxygen atoms in total. The molecule has 4 rings (SSSR count). The maximum atomic E-state index is 13.8. The van der Waals surface area contributed by atoms with Crippen molar-refractivity contribution in [3.63, 3.8) is 0 Å². The monoisotopic (exact) mass is 343 g/mol. The Balaban J connectivity index is 1.87. The van der Waals surface area contributed by atoms with Crippen LogP contribution in [-0.2, 0) is 4.57 Å². The molecule has 0 saturated heterocycles. The van der Waals surface area contributed by atoms with Gasteiger partial charge in [0.15, 0.2) is 7.14 Å². The van der Waals surface area contributed by atoms with Gasteiger partial charge in [0.25, 0.3) is 0 Å². The fourth-order valence-corrected chi connectivity index (χ4v) is 5.17. The molecule has 1 aliphatic rings. The van der Waals surface area contributed by atoms with E-state index in [1.807, 2.05) is 103 Å². The number of hydrogen-bond donors (Lipinski definition) is 1. The SMILES string of the molecule is O=P1(c2ccccc2)C=C(c2ccccc2)NC(c2ccccc2)=C1. The van der Waals surface area contributed by atoms with Crippen LogP contribution in [0.1, 0.15) is 11.1 Å². The van der Waals surface area contributed by atoms with Crippen LogP contribution in [0.15, 0.2) is 103 Å². The average molecular weight is 343 g/mol. The van der Waals surface area contributed by atoms with Crippen LogP contribution in [0.2, 0.25) is 0 Å². The van der Waals surface area contributed by atoms with Crippen molar-refractivity contribution in [2.24, 2.45) is 0 Å². The normalized spacial score (nSPS) is 15.7. The van der Waals surface area contributed by atoms with Crippen LogP contribution in [0.5, 0.6) is 0 Å². The van der Waals surface area contributed by atoms with Gasteiger partial charge in [0, 0.05) is 28.3 Å². The summed E-state index contributed by atoms with van der Waals surface area (Å²) in [6, 6.07) is 29.7. The zero-order chi connectivity index (χ0) is 17.1. The van der Waals surface area contributed by atoms with Gasteiger partial charge in [-0.25, -0.2) is 0 Å². The molecular formula is C22H18NOP. The van der Waals surface area contributed by atoms with Crippen molar-refractivity contribution < 1.29 is 4.57 Å². The first kappa shape index (κ1) is 15.7. The van der Waals surface area contributed by atoms with Gasteiger partial charge in [0.1, 0.15) is 0 Å². The van der Waals surface area contributed by atoms with Crippen molar-refractivity contribution in [1.29, 1.82) is 0 Å². The Kier molecular flexibility index (Phi) is 4.13. The molecule has 0 fully saturated rings. The molecule has 0 amide bonds. The molecule has 122 valence electrons. The van der Waals surface area contributed by atoms with Crippen LogP contribution >= 0.6 is 7.14 Å². The van der Waals surface area contributed by atoms with Gasteiger partial charge >= 0.3 is 0 Å². The molecule has 1 aliphatic heterocycles. The summed E-state index contributed by atoms with van der Waals surface area (Å²) >= 11 is 0. The van der Waals surface area contributed by atoms with Crippen molar-refractivity contribution in [3.05, 3.63) is 114 Å². The third-order valence-corrected chi connectivity index (χ3v) is 6.63. The highest BCUT2D eigenvalue weighted by atomic mass is 31.2. The standard InChI is InChI=1S/C22H18NOP/c24-25(20-14-8-3-9-15-20)16-21(18-10-4-1-5-11-18)23-22(17-25)19-12-6-2-7-13-19/h1-17,23H. The minimum absolute atomic E-state index is 0.846. The van der Waals surface area contributed by atoms with Gasteiger partial charge in [-0.3, -0.25) is 0 Å². The van der Waals surface area contributed by atoms with Crippen molar-refractivity contribution in [2.75, 3.05) is 0 Å². The summed E-state index contributed by atoms with van der Waals surface area (Å²) in [5, 5.41) is 4.31. The molecule has 0 saturated carbocycles. The number of rotatable bonds is 3. The maximum Gasteiger partial charge on any atom is 0.161 e. The van der Waals surface area contributed by atoms with Crippen molar-refractivity contribution >= 4 is 23.8 Å². The van der Waals surface area contributed by atoms with E-state index in [0.29, 0.717) is 0 Å². The zero-order valence-electron chi connectivity index (χ0n) is 13.7. The van der Waals surface area contributed by atoms with E-state index in [4.69, 9.17) is 0 Å². The van der Waals surface area contributed by atoms with Crippen molar-refractivity contribution in [3.8, 4) is 0 Å². The van der Waals surface area contributed by atoms with Crippen LogP contribution in [0.3, 0.4) is 0 Å². The summed E-state index contributed by atoms with van der Waals surface area (Å²) in [7, 11) is -2.80. The molecule has 1 N–H and O–H groups in total. The van der Waals surface area contributed by atoms with E-state index in [1.165, 1.54) is 0 Å². The van der Waals surface area contributed by atoms with Gasteiger partial charge in [0.05, 0.1) is 0 Å². The second-order valence-corrected chi connectivity index (χ2v) is 8.44. The Morgan fingerprint density at radius 1 is 0.560 bits per heavy atom. The molecular weight excluding hydrogens is 325 g/mol. The lowest BCUT2D eigenvalue weighted by atomic mass is 10.1. The summed E-state index contributed by atoms with van der Waals surface area (Å²) < 4.78 is 13.8. The topological polar surface area (TPSA) is 29.1 Å². The predicted octanol–water partition coefficient (Wildman–Crippen LogP) is 5.28. The van der Waals surface area contributed by atoms with Gasteiger partial charge < -0.3 is 9.88 Å². The molecule has 1 heterocycles. The van der Waals surface area contributed by atoms with Crippen LogP contribution in [-0.4, -0.2) is 0 Å². The third-order valence-electron chi connectivity index (χ3n) is 4.24. The molecule has 3 heteroatoms. The fraction of sp³-hybridized carbons (Fsp3) is 0. The Hall–Kier alpha value is -2.83. The average Bonchev–Trinajstić information content (AvgIpc) is 2.70. The van der Waals surface area contributed by atoms with E-state index < -0.39 is 7.14 Å². The first-order valence-corrected chi connectivity index (χ1v) is 10.1. The van der Waals surface area contributed by atoms with Crippen LogP contribution < -0.4 is 10.6 Å². The first-order valence-electron chi connectivity index (χ1n) is 8.23. The quantitative estimate of drug-likeness (QED) is 0.656. The number of hydrogen-bond acceptors (Lipinski definition) is 2. The van der Waals surface area contributed by atoms with Crippen molar-refractivity contribution in [1.82, 2.24) is 5.32 Å². The zero-order valence-corrected chi connectivity index (χ0v) is 14.6. The van der Waals surface area contributed by atoms with E-state index in [-0.39, 0.29) is 0 Å². The van der Waals surface area contributed by atoms with E-state index in [9.17, 15) is 4.57 Å². The third kappa shape index (κ3) is 3.22. The Morgan fingerprint density at radius 3 is 1.40 bits per heavy atom. The minimum atomic E-state index is -2.80. The lowest BCUT2D eigenvalue weighted by molar-refractivity contribution is 0.591. The van der Waals surface area contributed by atoms with Crippen LogP contribution in [0.4, 0.5) is 0 Å². The molecule has 0 aromatic heterocycles. The molecule has 0 bridgehead atoms. The lowest BCUT2D eigenvalue weighted by Gasteiger charge is -2.24. The predicted molar refractivity (Wildman–Crippen MR) is 106 cm³/mol. The molecule has 3 aromatic rings. The van der Waals surface area contributed by atoms with E-state index in [2.05, 4.69) is 5.32 Å². The molecule has 3 aromatic carbocycles. The first-order chi connectivity index (χ1) is 12.2. The van der Waals surface area contributed by atoms with E-state index >= 15 is 0 Å². The Labute approximate surface area is 147 Å². The Bertz CT molecular complexity index is 917. The maximum absolute atomic E-state index is 13.8. The minimum Gasteiger partial charge on any atom is -0.354 e. The lowest BCUT2D eigenvalue weighted by Crippen LogP contribution is -2.16. The summed E-state index contributed by atoms with van der Waals surface area (Å²) in [5.41, 5.74) is 3.82. The van der Waals surface area contributed by atoms with Gasteiger partial charge in [-0.15, -0.1) is 0 Å². The summed E-state index contributed by atoms with van der Waals surface area (Å²) in [4.78, 5) is 0. The summed E-state index contributed by atoms with van der Waals surface area (Å²) in [6.45, 7) is 0. The highest BCUT2D eigenvalue weighted by Crippen LogP contribution is 2.53. The van der Waals surface area contributed by atoms with Gasteiger partial charge in [-0.2, -0.15) is 0 Å². The molecule has 25 heavy (non-hydrogen) atoms. The largest absolute Gasteiger partial charge is 0.354 e. The van der Waals surface area contributed by atoms with Crippen molar-refractivity contribution in [2.45, 2.75) is 0 Å². The van der Waals surface area contributed by atoms with E-state index in [1.54, 1.807) is 0 Å². The highest BCUT2D eigenvalue weighted by Gasteiger charge is 2.26. The molecule has 0 atom stereocenters. The molecule has 0 spiro atoms. The number of benzene rings is 3. The van der Waals surface area contributed by atoms with Gasteiger partial charge in [-0.1, -0.05) is 91.0 Å². The van der Waals surface area contributed by atoms with Gasteiger partial charge in [0.2, 0.25) is 0 Å². The molecule has 0 radical (unpaired) electrons. The summed E-state index contributed by atoms with van der Waals surface area (Å²) in [6.07, 6.45) is 0. The number of nitrogens with one attached hydrogen (secondary N) is 1. The van der Waals surface area contributed by atoms with Crippen LogP contribution in [0.25, 0.3) is 11.4 Å². The molecule has 0 aliphatic carbocycles. The second-order valence-electron chi connectivity index (χ2n) is 5.99. The summed E-state index contributed by atoms with van der Waals surface area (Å²) in [5.74, 6) is 3.76. The van der Waals surface area contributed by atoms with Crippen LogP contribution in [0, 0.1) is 0 Å². The fourth-order valence-electron chi connectivity index (χ4n) is 2.97. The van der Waals surface area contributed by atoms with Gasteiger partial charge in [-0.05, 0) is 11.1 Å². The Morgan fingerprint density at radius 2 is 0.960 bits per heavy atom. The molecule has 0 unspecified atom stereocenters. The second kappa shape index (κ2) is 6.58. The smallest absolute Gasteiger partial charge is 0.161 e. The van der Waals surface area contributed by atoms with E-state index in [0.717, 1.165) is 27.8 Å². The highest BCUT2D eigenvalue weighted by molar-refractivity contribution is 7.77.